The SMILES string of the molecule is C=C1NC(=O)N[C@@H](c2ccc3c(c2)OCO3)[C@@H]1C(=O)OCCCBr. The normalized spacial score (nSPS) is 21.9. The molecule has 0 radical (unpaired) electrons. The summed E-state index contributed by atoms with van der Waals surface area (Å²) in [5.74, 6) is 0.0566. The topological polar surface area (TPSA) is 85.9 Å². The highest BCUT2D eigenvalue weighted by Gasteiger charge is 2.39. The van der Waals surface area contributed by atoms with Gasteiger partial charge in [0.05, 0.1) is 12.6 Å². The van der Waals surface area contributed by atoms with E-state index in [1.807, 2.05) is 0 Å². The zero-order valence-corrected chi connectivity index (χ0v) is 14.4. The molecule has 2 atom stereocenters. The molecule has 7 nitrogen and oxygen atoms in total. The number of halogens is 1. The van der Waals surface area contributed by atoms with Crippen LogP contribution in [-0.2, 0) is 9.53 Å². The number of ether oxygens (including phenoxy) is 3. The minimum atomic E-state index is -0.724. The van der Waals surface area contributed by atoms with Crippen LogP contribution in [0.1, 0.15) is 18.0 Å². The van der Waals surface area contributed by atoms with Crippen LogP contribution >= 0.6 is 15.9 Å². The van der Waals surface area contributed by atoms with Crippen LogP contribution in [0.4, 0.5) is 4.79 Å². The molecule has 0 aromatic heterocycles. The van der Waals surface area contributed by atoms with Gasteiger partial charge >= 0.3 is 12.0 Å². The van der Waals surface area contributed by atoms with Crippen molar-refractivity contribution in [2.24, 2.45) is 5.92 Å². The molecular weight excluding hydrogens is 380 g/mol. The van der Waals surface area contributed by atoms with Crippen LogP contribution in [0.3, 0.4) is 0 Å². The molecule has 0 saturated carbocycles. The minimum Gasteiger partial charge on any atom is -0.465 e. The van der Waals surface area contributed by atoms with Gasteiger partial charge < -0.3 is 24.8 Å². The smallest absolute Gasteiger partial charge is 0.319 e. The van der Waals surface area contributed by atoms with Gasteiger partial charge in [0.25, 0.3) is 0 Å². The number of carbonyl (C=O) groups excluding carboxylic acids is 2. The first kappa shape index (κ1) is 16.6. The van der Waals surface area contributed by atoms with Gasteiger partial charge in [-0.1, -0.05) is 28.6 Å². The Kier molecular flexibility index (Phi) is 4.94. The number of alkyl halides is 1. The van der Waals surface area contributed by atoms with Crippen LogP contribution in [0.25, 0.3) is 0 Å². The number of carbonyl (C=O) groups is 2. The van der Waals surface area contributed by atoms with Gasteiger partial charge in [0.2, 0.25) is 6.79 Å². The van der Waals surface area contributed by atoms with Gasteiger partial charge in [0.1, 0.15) is 5.92 Å². The van der Waals surface area contributed by atoms with Crippen LogP contribution in [0.2, 0.25) is 0 Å². The molecule has 1 aromatic rings. The fourth-order valence-electron chi connectivity index (χ4n) is 2.66. The number of hydrogen-bond donors (Lipinski definition) is 2. The van der Waals surface area contributed by atoms with E-state index in [0.29, 0.717) is 30.2 Å². The molecule has 2 aliphatic heterocycles. The Morgan fingerprint density at radius 1 is 1.38 bits per heavy atom. The van der Waals surface area contributed by atoms with Crippen molar-refractivity contribution < 1.29 is 23.8 Å². The Labute approximate surface area is 147 Å². The number of benzene rings is 1. The maximum Gasteiger partial charge on any atom is 0.319 e. The van der Waals surface area contributed by atoms with Gasteiger partial charge in [-0.15, -0.1) is 0 Å². The number of urea groups is 1. The molecule has 1 aromatic carbocycles. The molecule has 1 saturated heterocycles. The fraction of sp³-hybridized carbons (Fsp3) is 0.375. The third-order valence-electron chi connectivity index (χ3n) is 3.80. The highest BCUT2D eigenvalue weighted by molar-refractivity contribution is 9.09. The fourth-order valence-corrected chi connectivity index (χ4v) is 2.89. The van der Waals surface area contributed by atoms with Gasteiger partial charge in [-0.05, 0) is 24.1 Å². The van der Waals surface area contributed by atoms with Crippen molar-refractivity contribution in [3.8, 4) is 11.5 Å². The molecule has 128 valence electrons. The monoisotopic (exact) mass is 396 g/mol. The Morgan fingerprint density at radius 2 is 2.17 bits per heavy atom. The van der Waals surface area contributed by atoms with Crippen molar-refractivity contribution in [3.05, 3.63) is 36.0 Å². The molecule has 0 aliphatic carbocycles. The predicted octanol–water partition coefficient (Wildman–Crippen LogP) is 2.23. The lowest BCUT2D eigenvalue weighted by molar-refractivity contribution is -0.148. The summed E-state index contributed by atoms with van der Waals surface area (Å²) in [6, 6.07) is 4.30. The summed E-state index contributed by atoms with van der Waals surface area (Å²) in [6.07, 6.45) is 0.708. The van der Waals surface area contributed by atoms with Gasteiger partial charge in [0, 0.05) is 11.0 Å². The zero-order chi connectivity index (χ0) is 17.1. The molecule has 0 bridgehead atoms. The molecule has 1 fully saturated rings. The number of amides is 2. The van der Waals surface area contributed by atoms with Crippen molar-refractivity contribution in [1.82, 2.24) is 10.6 Å². The zero-order valence-electron chi connectivity index (χ0n) is 12.8. The first-order valence-corrected chi connectivity index (χ1v) is 8.60. The van der Waals surface area contributed by atoms with Gasteiger partial charge in [-0.25, -0.2) is 4.79 Å². The molecule has 3 rings (SSSR count). The van der Waals surface area contributed by atoms with E-state index >= 15 is 0 Å². The minimum absolute atomic E-state index is 0.155. The van der Waals surface area contributed by atoms with E-state index in [9.17, 15) is 9.59 Å². The molecule has 2 N–H and O–H groups in total. The molecule has 2 heterocycles. The predicted molar refractivity (Wildman–Crippen MR) is 89.0 cm³/mol. The van der Waals surface area contributed by atoms with Gasteiger partial charge in [0.15, 0.2) is 11.5 Å². The van der Waals surface area contributed by atoms with Crippen LogP contribution < -0.4 is 20.1 Å². The maximum absolute atomic E-state index is 12.5. The van der Waals surface area contributed by atoms with Crippen LogP contribution in [-0.4, -0.2) is 30.7 Å². The third-order valence-corrected chi connectivity index (χ3v) is 4.36. The van der Waals surface area contributed by atoms with E-state index in [-0.39, 0.29) is 6.79 Å². The summed E-state index contributed by atoms with van der Waals surface area (Å²) < 4.78 is 15.9. The van der Waals surface area contributed by atoms with Crippen molar-refractivity contribution in [2.45, 2.75) is 12.5 Å². The largest absolute Gasteiger partial charge is 0.465 e. The van der Waals surface area contributed by atoms with E-state index in [1.165, 1.54) is 0 Å². The molecule has 2 amide bonds. The van der Waals surface area contributed by atoms with Crippen LogP contribution in [0.15, 0.2) is 30.5 Å². The van der Waals surface area contributed by atoms with Crippen molar-refractivity contribution in [1.29, 1.82) is 0 Å². The van der Waals surface area contributed by atoms with E-state index in [0.717, 1.165) is 10.9 Å². The van der Waals surface area contributed by atoms with Crippen molar-refractivity contribution >= 4 is 27.9 Å². The Morgan fingerprint density at radius 3 is 2.96 bits per heavy atom. The Balaban J connectivity index is 1.85. The number of nitrogens with one attached hydrogen (secondary N) is 2. The number of esters is 1. The van der Waals surface area contributed by atoms with Crippen LogP contribution in [0.5, 0.6) is 11.5 Å². The average Bonchev–Trinajstić information content (AvgIpc) is 3.01. The molecule has 0 unspecified atom stereocenters. The lowest BCUT2D eigenvalue weighted by atomic mass is 9.89. The Bertz CT molecular complexity index is 678. The molecular formula is C16H17BrN2O5. The number of hydrogen-bond acceptors (Lipinski definition) is 5. The van der Waals surface area contributed by atoms with Gasteiger partial charge in [-0.2, -0.15) is 0 Å². The number of fused-ring (bicyclic) bond motifs is 1. The van der Waals surface area contributed by atoms with Crippen molar-refractivity contribution in [2.75, 3.05) is 18.7 Å². The second-order valence-electron chi connectivity index (χ2n) is 5.40. The third kappa shape index (κ3) is 3.33. The summed E-state index contributed by atoms with van der Waals surface area (Å²) >= 11 is 3.29. The molecule has 24 heavy (non-hydrogen) atoms. The number of rotatable bonds is 5. The lowest BCUT2D eigenvalue weighted by Crippen LogP contribution is -2.51. The van der Waals surface area contributed by atoms with Crippen molar-refractivity contribution in [3.63, 3.8) is 0 Å². The first-order chi connectivity index (χ1) is 11.6. The standard InChI is InChI=1S/C16H17BrN2O5/c1-9-13(15(20)22-6-2-5-17)14(19-16(21)18-9)10-3-4-11-12(7-10)24-8-23-11/h3-4,7,13-14H,1-2,5-6,8H2,(H2,18,19,21)/t13-,14+/m1/s1. The highest BCUT2D eigenvalue weighted by Crippen LogP contribution is 2.37. The summed E-state index contributed by atoms with van der Waals surface area (Å²) in [5, 5.41) is 6.04. The summed E-state index contributed by atoms with van der Waals surface area (Å²) in [4.78, 5) is 24.3. The average molecular weight is 397 g/mol. The Hall–Kier alpha value is -2.22. The highest BCUT2D eigenvalue weighted by atomic mass is 79.9. The second-order valence-corrected chi connectivity index (χ2v) is 6.19. The molecule has 8 heteroatoms. The summed E-state index contributed by atoms with van der Waals surface area (Å²) in [5.41, 5.74) is 1.03. The maximum atomic E-state index is 12.5. The molecule has 2 aliphatic rings. The summed E-state index contributed by atoms with van der Waals surface area (Å²) in [7, 11) is 0. The molecule has 0 spiro atoms. The van der Waals surface area contributed by atoms with Gasteiger partial charge in [-0.3, -0.25) is 4.79 Å². The second kappa shape index (κ2) is 7.12. The quantitative estimate of drug-likeness (QED) is 0.452. The van der Waals surface area contributed by atoms with E-state index < -0.39 is 24.0 Å². The first-order valence-electron chi connectivity index (χ1n) is 7.48. The van der Waals surface area contributed by atoms with E-state index in [1.54, 1.807) is 18.2 Å². The van der Waals surface area contributed by atoms with E-state index in [2.05, 4.69) is 33.1 Å². The van der Waals surface area contributed by atoms with Crippen LogP contribution in [0, 0.1) is 5.92 Å². The summed E-state index contributed by atoms with van der Waals surface area (Å²) in [6.45, 7) is 4.26. The lowest BCUT2D eigenvalue weighted by Gasteiger charge is -2.33. The van der Waals surface area contributed by atoms with E-state index in [4.69, 9.17) is 14.2 Å².